The number of hydrogen-bond acceptors (Lipinski definition) is 1. The molecule has 0 radical (unpaired) electrons. The predicted molar refractivity (Wildman–Crippen MR) is 82.5 cm³/mol. The summed E-state index contributed by atoms with van der Waals surface area (Å²) < 4.78 is 0. The molecule has 2 heteroatoms. The molecule has 1 amide bonds. The Morgan fingerprint density at radius 3 is 2.60 bits per heavy atom. The number of anilines is 1. The summed E-state index contributed by atoms with van der Waals surface area (Å²) in [5.41, 5.74) is 5.31. The van der Waals surface area contributed by atoms with E-state index in [1.54, 1.807) is 0 Å². The van der Waals surface area contributed by atoms with E-state index in [0.717, 1.165) is 29.7 Å². The van der Waals surface area contributed by atoms with E-state index in [2.05, 4.69) is 36.5 Å². The van der Waals surface area contributed by atoms with Gasteiger partial charge in [0.05, 0.1) is 0 Å². The highest BCUT2D eigenvalue weighted by molar-refractivity contribution is 6.31. The first-order chi connectivity index (χ1) is 9.74. The van der Waals surface area contributed by atoms with Crippen molar-refractivity contribution in [3.63, 3.8) is 0 Å². The number of rotatable bonds is 3. The van der Waals surface area contributed by atoms with Crippen LogP contribution in [0, 0.1) is 6.92 Å². The lowest BCUT2D eigenvalue weighted by Crippen LogP contribution is -2.03. The smallest absolute Gasteiger partial charge is 0.256 e. The maximum atomic E-state index is 11.9. The zero-order valence-electron chi connectivity index (χ0n) is 11.5. The van der Waals surface area contributed by atoms with Crippen molar-refractivity contribution < 1.29 is 4.79 Å². The lowest BCUT2D eigenvalue weighted by molar-refractivity contribution is -0.110. The van der Waals surface area contributed by atoms with Crippen LogP contribution in [0.2, 0.25) is 0 Å². The number of hydrogen-bond donors (Lipinski definition) is 1. The van der Waals surface area contributed by atoms with Crippen LogP contribution in [0.5, 0.6) is 0 Å². The second-order valence-corrected chi connectivity index (χ2v) is 5.14. The van der Waals surface area contributed by atoms with Crippen LogP contribution in [0.25, 0.3) is 5.57 Å². The number of allylic oxidation sites excluding steroid dienone is 1. The summed E-state index contributed by atoms with van der Waals surface area (Å²) in [5.74, 6) is 0.00936. The first-order valence-corrected chi connectivity index (χ1v) is 6.90. The van der Waals surface area contributed by atoms with E-state index < -0.39 is 0 Å². The van der Waals surface area contributed by atoms with Crippen LogP contribution in [0.3, 0.4) is 0 Å². The van der Waals surface area contributed by atoms with Crippen LogP contribution >= 0.6 is 0 Å². The van der Waals surface area contributed by atoms with Gasteiger partial charge in [-0.25, -0.2) is 0 Å². The molecule has 1 aliphatic heterocycles. The molecule has 100 valence electrons. The number of aryl methyl sites for hydroxylation is 2. The lowest BCUT2D eigenvalue weighted by atomic mass is 10.0. The van der Waals surface area contributed by atoms with E-state index in [9.17, 15) is 4.79 Å². The topological polar surface area (TPSA) is 29.1 Å². The normalized spacial score (nSPS) is 15.2. The van der Waals surface area contributed by atoms with Crippen molar-refractivity contribution in [2.45, 2.75) is 19.8 Å². The van der Waals surface area contributed by atoms with Gasteiger partial charge in [-0.15, -0.1) is 0 Å². The quantitative estimate of drug-likeness (QED) is 0.834. The summed E-state index contributed by atoms with van der Waals surface area (Å²) in [4.78, 5) is 11.9. The third-order valence-electron chi connectivity index (χ3n) is 3.61. The molecule has 2 aromatic carbocycles. The third kappa shape index (κ3) is 2.50. The van der Waals surface area contributed by atoms with Crippen LogP contribution < -0.4 is 5.32 Å². The molecular weight excluding hydrogens is 246 g/mol. The molecule has 0 fully saturated rings. The molecule has 0 bridgehead atoms. The van der Waals surface area contributed by atoms with Crippen LogP contribution in [0.4, 0.5) is 5.69 Å². The van der Waals surface area contributed by atoms with E-state index in [-0.39, 0.29) is 5.91 Å². The van der Waals surface area contributed by atoms with Crippen molar-refractivity contribution in [1.29, 1.82) is 0 Å². The average Bonchev–Trinajstić information content (AvgIpc) is 2.77. The van der Waals surface area contributed by atoms with Crippen molar-refractivity contribution in [1.82, 2.24) is 0 Å². The molecular formula is C18H17NO. The number of carbonyl (C=O) groups is 1. The first-order valence-electron chi connectivity index (χ1n) is 6.90. The molecule has 0 saturated carbocycles. The zero-order valence-corrected chi connectivity index (χ0v) is 11.5. The molecule has 0 atom stereocenters. The van der Waals surface area contributed by atoms with Gasteiger partial charge >= 0.3 is 0 Å². The second kappa shape index (κ2) is 5.33. The Morgan fingerprint density at radius 2 is 1.80 bits per heavy atom. The van der Waals surface area contributed by atoms with Crippen molar-refractivity contribution in [3.8, 4) is 0 Å². The Kier molecular flexibility index (Phi) is 3.38. The van der Waals surface area contributed by atoms with E-state index in [4.69, 9.17) is 0 Å². The summed E-state index contributed by atoms with van der Waals surface area (Å²) >= 11 is 0. The monoisotopic (exact) mass is 263 g/mol. The van der Waals surface area contributed by atoms with Gasteiger partial charge in [-0.05, 0) is 31.4 Å². The van der Waals surface area contributed by atoms with Gasteiger partial charge in [-0.2, -0.15) is 0 Å². The largest absolute Gasteiger partial charge is 0.321 e. The molecule has 3 rings (SSSR count). The van der Waals surface area contributed by atoms with Crippen molar-refractivity contribution >= 4 is 17.2 Å². The van der Waals surface area contributed by atoms with Gasteiger partial charge in [0.2, 0.25) is 0 Å². The Bertz CT molecular complexity index is 668. The van der Waals surface area contributed by atoms with E-state index >= 15 is 0 Å². The fourth-order valence-corrected chi connectivity index (χ4v) is 2.48. The maximum Gasteiger partial charge on any atom is 0.256 e. The molecule has 0 spiro atoms. The standard InChI is InChI=1S/C18H17NO/c1-13-9-11-14(12-10-13)5-4-7-16-15-6-2-3-8-17(15)19-18(16)20/h2-3,6-12H,4-5H2,1H3,(H,19,20)/b16-7-. The van der Waals surface area contributed by atoms with Gasteiger partial charge in [-0.1, -0.05) is 54.1 Å². The van der Waals surface area contributed by atoms with Crippen molar-refractivity contribution in [2.24, 2.45) is 0 Å². The Morgan fingerprint density at radius 1 is 1.05 bits per heavy atom. The molecule has 2 nitrogen and oxygen atoms in total. The van der Waals surface area contributed by atoms with Gasteiger partial charge in [-0.3, -0.25) is 4.79 Å². The second-order valence-electron chi connectivity index (χ2n) is 5.14. The van der Waals surface area contributed by atoms with Crippen LogP contribution in [0.1, 0.15) is 23.1 Å². The molecule has 2 aromatic rings. The van der Waals surface area contributed by atoms with Crippen LogP contribution in [-0.4, -0.2) is 5.91 Å². The summed E-state index contributed by atoms with van der Waals surface area (Å²) in [6.45, 7) is 2.09. The molecule has 0 unspecified atom stereocenters. The maximum absolute atomic E-state index is 11.9. The predicted octanol–water partition coefficient (Wildman–Crippen LogP) is 3.96. The van der Waals surface area contributed by atoms with E-state index in [1.807, 2.05) is 30.3 Å². The van der Waals surface area contributed by atoms with Crippen molar-refractivity contribution in [2.75, 3.05) is 5.32 Å². The number of carbonyl (C=O) groups excluding carboxylic acids is 1. The summed E-state index contributed by atoms with van der Waals surface area (Å²) in [7, 11) is 0. The number of benzene rings is 2. The molecule has 0 saturated heterocycles. The molecule has 1 aliphatic rings. The molecule has 1 heterocycles. The highest BCUT2D eigenvalue weighted by Crippen LogP contribution is 2.31. The fraction of sp³-hybridized carbons (Fsp3) is 0.167. The Balaban J connectivity index is 1.73. The SMILES string of the molecule is Cc1ccc(CC/C=C2\C(=O)Nc3ccccc32)cc1. The summed E-state index contributed by atoms with van der Waals surface area (Å²) in [6.07, 6.45) is 3.88. The highest BCUT2D eigenvalue weighted by atomic mass is 16.1. The number of fused-ring (bicyclic) bond motifs is 1. The molecule has 20 heavy (non-hydrogen) atoms. The molecule has 0 aliphatic carbocycles. The lowest BCUT2D eigenvalue weighted by Gasteiger charge is -2.00. The minimum absolute atomic E-state index is 0.00936. The van der Waals surface area contributed by atoms with Crippen LogP contribution in [0.15, 0.2) is 54.6 Å². The van der Waals surface area contributed by atoms with Gasteiger partial charge in [0, 0.05) is 16.8 Å². The van der Waals surface area contributed by atoms with Gasteiger partial charge < -0.3 is 5.32 Å². The summed E-state index contributed by atoms with van der Waals surface area (Å²) in [6, 6.07) is 16.4. The number of para-hydroxylation sites is 1. The third-order valence-corrected chi connectivity index (χ3v) is 3.61. The minimum atomic E-state index is 0.00936. The first kappa shape index (κ1) is 12.7. The summed E-state index contributed by atoms with van der Waals surface area (Å²) in [5, 5.41) is 2.90. The fourth-order valence-electron chi connectivity index (χ4n) is 2.48. The molecule has 1 N–H and O–H groups in total. The van der Waals surface area contributed by atoms with Gasteiger partial charge in [0.15, 0.2) is 0 Å². The zero-order chi connectivity index (χ0) is 13.9. The minimum Gasteiger partial charge on any atom is -0.321 e. The Hall–Kier alpha value is -2.35. The number of nitrogens with one attached hydrogen (secondary N) is 1. The van der Waals surface area contributed by atoms with E-state index in [0.29, 0.717) is 0 Å². The highest BCUT2D eigenvalue weighted by Gasteiger charge is 2.22. The number of amides is 1. The van der Waals surface area contributed by atoms with Crippen LogP contribution in [-0.2, 0) is 11.2 Å². The van der Waals surface area contributed by atoms with Gasteiger partial charge in [0.1, 0.15) is 0 Å². The molecule has 0 aromatic heterocycles. The Labute approximate surface area is 119 Å². The van der Waals surface area contributed by atoms with E-state index in [1.165, 1.54) is 11.1 Å². The van der Waals surface area contributed by atoms with Crippen molar-refractivity contribution in [3.05, 3.63) is 71.3 Å². The average molecular weight is 263 g/mol. The van der Waals surface area contributed by atoms with Gasteiger partial charge in [0.25, 0.3) is 5.91 Å².